The maximum atomic E-state index is 9.09. The van der Waals surface area contributed by atoms with Crippen molar-refractivity contribution in [2.75, 3.05) is 32.1 Å². The third-order valence-electron chi connectivity index (χ3n) is 7.31. The number of piperidine rings is 3. The Labute approximate surface area is 211 Å². The molecule has 0 saturated carbocycles. The summed E-state index contributed by atoms with van der Waals surface area (Å²) in [6.07, 6.45) is 2.36. The van der Waals surface area contributed by atoms with E-state index < -0.39 is 0 Å². The van der Waals surface area contributed by atoms with Gasteiger partial charge >= 0.3 is 0 Å². The summed E-state index contributed by atoms with van der Waals surface area (Å²) in [5.41, 5.74) is 4.88. The van der Waals surface area contributed by atoms with Crippen LogP contribution in [-0.4, -0.2) is 52.6 Å². The third-order valence-corrected chi connectivity index (χ3v) is 7.55. The van der Waals surface area contributed by atoms with Gasteiger partial charge in [0.25, 0.3) is 0 Å². The zero-order valence-corrected chi connectivity index (χ0v) is 20.9. The highest BCUT2D eigenvalue weighted by molar-refractivity contribution is 7.80. The fraction of sp³-hybridized carbons (Fsp3) is 0.370. The molecule has 4 heterocycles. The molecule has 35 heavy (non-hydrogen) atoms. The molecule has 180 valence electrons. The van der Waals surface area contributed by atoms with Crippen LogP contribution in [-0.2, 0) is 7.05 Å². The first-order valence-corrected chi connectivity index (χ1v) is 12.4. The molecule has 3 saturated heterocycles. The molecular formula is C27H30N6OS. The van der Waals surface area contributed by atoms with Crippen molar-refractivity contribution in [2.45, 2.75) is 24.8 Å². The summed E-state index contributed by atoms with van der Waals surface area (Å²) >= 11 is 5.51. The van der Waals surface area contributed by atoms with E-state index in [9.17, 15) is 0 Å². The van der Waals surface area contributed by atoms with Gasteiger partial charge in [0.2, 0.25) is 0 Å². The van der Waals surface area contributed by atoms with E-state index in [0.717, 1.165) is 48.7 Å². The number of nitrogens with zero attached hydrogens (tertiary/aromatic N) is 4. The Hall–Kier alpha value is -3.41. The summed E-state index contributed by atoms with van der Waals surface area (Å²) < 4.78 is 7.35. The molecule has 0 spiro atoms. The van der Waals surface area contributed by atoms with Gasteiger partial charge < -0.3 is 15.4 Å². The summed E-state index contributed by atoms with van der Waals surface area (Å²) in [7, 11) is 3.74. The molecule has 3 fully saturated rings. The number of nitrogens with one attached hydrogen (secondary N) is 2. The lowest BCUT2D eigenvalue weighted by atomic mass is 9.74. The Balaban J connectivity index is 1.20. The van der Waals surface area contributed by atoms with Crippen molar-refractivity contribution in [3.63, 3.8) is 0 Å². The van der Waals surface area contributed by atoms with Gasteiger partial charge in [-0.1, -0.05) is 6.07 Å². The molecule has 6 rings (SSSR count). The van der Waals surface area contributed by atoms with Crippen LogP contribution < -0.4 is 15.4 Å². The Bertz CT molecular complexity index is 1250. The molecule has 1 aromatic heterocycles. The first-order chi connectivity index (χ1) is 17.0. The number of benzene rings is 2. The Morgan fingerprint density at radius 2 is 2.06 bits per heavy atom. The fourth-order valence-electron chi connectivity index (χ4n) is 5.47. The van der Waals surface area contributed by atoms with E-state index >= 15 is 0 Å². The number of aryl methyl sites for hydroxylation is 1. The van der Waals surface area contributed by atoms with E-state index in [1.807, 2.05) is 24.3 Å². The van der Waals surface area contributed by atoms with Gasteiger partial charge in [-0.25, -0.2) is 0 Å². The molecule has 3 aromatic rings. The quantitative estimate of drug-likeness (QED) is 0.507. The first kappa shape index (κ1) is 23.3. The highest BCUT2D eigenvalue weighted by Crippen LogP contribution is 2.42. The van der Waals surface area contributed by atoms with Gasteiger partial charge in [0.15, 0.2) is 5.11 Å². The van der Waals surface area contributed by atoms with Crippen molar-refractivity contribution < 1.29 is 4.74 Å². The van der Waals surface area contributed by atoms with Crippen molar-refractivity contribution in [2.24, 2.45) is 13.0 Å². The molecule has 2 N–H and O–H groups in total. The van der Waals surface area contributed by atoms with Crippen LogP contribution in [0, 0.1) is 17.2 Å². The summed E-state index contributed by atoms with van der Waals surface area (Å²) in [5.74, 6) is 1.98. The molecule has 7 nitrogen and oxygen atoms in total. The monoisotopic (exact) mass is 486 g/mol. The van der Waals surface area contributed by atoms with Crippen LogP contribution in [0.4, 0.5) is 5.69 Å². The lowest BCUT2D eigenvalue weighted by molar-refractivity contribution is 0.0303. The topological polar surface area (TPSA) is 78.1 Å². The van der Waals surface area contributed by atoms with Gasteiger partial charge in [0.1, 0.15) is 5.75 Å². The molecule has 0 amide bonds. The van der Waals surface area contributed by atoms with E-state index in [1.54, 1.807) is 19.2 Å². The van der Waals surface area contributed by atoms with Crippen LogP contribution in [0.1, 0.15) is 30.0 Å². The fourth-order valence-corrected chi connectivity index (χ4v) is 5.67. The number of anilines is 1. The zero-order chi connectivity index (χ0) is 24.4. The number of hydrogen-bond acceptors (Lipinski definition) is 5. The van der Waals surface area contributed by atoms with E-state index in [1.165, 1.54) is 12.1 Å². The van der Waals surface area contributed by atoms with Gasteiger partial charge in [-0.3, -0.25) is 9.58 Å². The second-order valence-corrected chi connectivity index (χ2v) is 9.78. The molecule has 1 unspecified atom stereocenters. The summed E-state index contributed by atoms with van der Waals surface area (Å²) in [5, 5.41) is 21.1. The molecule has 2 bridgehead atoms. The molecule has 3 aliphatic heterocycles. The Kier molecular flexibility index (Phi) is 6.71. The summed E-state index contributed by atoms with van der Waals surface area (Å²) in [6.45, 7) is 2.99. The van der Waals surface area contributed by atoms with Crippen LogP contribution in [0.2, 0.25) is 0 Å². The van der Waals surface area contributed by atoms with Crippen molar-refractivity contribution >= 4 is 23.0 Å². The predicted octanol–water partition coefficient (Wildman–Crippen LogP) is 4.13. The van der Waals surface area contributed by atoms with Crippen LogP contribution in [0.25, 0.3) is 11.3 Å². The molecule has 4 atom stereocenters. The minimum Gasteiger partial charge on any atom is -0.497 e. The van der Waals surface area contributed by atoms with Crippen molar-refractivity contribution in [3.8, 4) is 23.1 Å². The smallest absolute Gasteiger partial charge is 0.170 e. The number of nitriles is 1. The van der Waals surface area contributed by atoms with Crippen LogP contribution >= 0.6 is 12.2 Å². The first-order valence-electron chi connectivity index (χ1n) is 12.0. The summed E-state index contributed by atoms with van der Waals surface area (Å²) in [6, 6.07) is 20.3. The van der Waals surface area contributed by atoms with Crippen LogP contribution in [0.15, 0.2) is 54.6 Å². The lowest BCUT2D eigenvalue weighted by Gasteiger charge is -2.50. The minimum absolute atomic E-state index is 0.462. The molecule has 8 heteroatoms. The molecular weight excluding hydrogens is 456 g/mol. The van der Waals surface area contributed by atoms with Crippen molar-refractivity contribution in [1.29, 1.82) is 5.26 Å². The van der Waals surface area contributed by atoms with E-state index in [-0.39, 0.29) is 0 Å². The molecule has 2 aromatic carbocycles. The van der Waals surface area contributed by atoms with Crippen molar-refractivity contribution in [3.05, 3.63) is 65.9 Å². The lowest BCUT2D eigenvalue weighted by Crippen LogP contribution is -2.56. The molecule has 0 aliphatic carbocycles. The number of ether oxygens (including phenoxy) is 1. The molecule has 0 radical (unpaired) electrons. The highest BCUT2D eigenvalue weighted by Gasteiger charge is 2.41. The normalized spacial score (nSPS) is 22.9. The molecule has 3 aliphatic rings. The van der Waals surface area contributed by atoms with Crippen LogP contribution in [0.5, 0.6) is 5.75 Å². The second kappa shape index (κ2) is 10.1. The Morgan fingerprint density at radius 3 is 2.77 bits per heavy atom. The number of fused-ring (bicyclic) bond motifs is 3. The third kappa shape index (κ3) is 5.02. The number of aromatic nitrogens is 2. The largest absolute Gasteiger partial charge is 0.497 e. The van der Waals surface area contributed by atoms with Gasteiger partial charge in [0.05, 0.1) is 24.4 Å². The number of methoxy groups -OCH3 is 1. The van der Waals surface area contributed by atoms with Crippen molar-refractivity contribution in [1.82, 2.24) is 20.0 Å². The number of hydrogen-bond donors (Lipinski definition) is 2. The number of thiocarbonyl (C=S) groups is 1. The SMILES string of the molecule is COc1ccc(-c2cc([C@H]3CN4CC[C@H]3C[C@@H]4CNC(=S)Nc3cccc(C#N)c3)n(C)n2)cc1. The van der Waals surface area contributed by atoms with E-state index in [2.05, 4.69) is 51.5 Å². The maximum Gasteiger partial charge on any atom is 0.170 e. The number of rotatable bonds is 6. The zero-order valence-electron chi connectivity index (χ0n) is 20.1. The highest BCUT2D eigenvalue weighted by atomic mass is 32.1. The predicted molar refractivity (Wildman–Crippen MR) is 141 cm³/mol. The maximum absolute atomic E-state index is 9.09. The van der Waals surface area contributed by atoms with Gasteiger partial charge in [-0.15, -0.1) is 0 Å². The summed E-state index contributed by atoms with van der Waals surface area (Å²) in [4.78, 5) is 2.59. The average molecular weight is 487 g/mol. The minimum atomic E-state index is 0.462. The van der Waals surface area contributed by atoms with E-state index in [4.69, 9.17) is 27.3 Å². The second-order valence-electron chi connectivity index (χ2n) is 9.37. The Morgan fingerprint density at radius 1 is 1.23 bits per heavy atom. The van der Waals surface area contributed by atoms with Gasteiger partial charge in [-0.2, -0.15) is 10.4 Å². The standard InChI is InChI=1S/C27H30N6OS/c1-32-26(14-25(31-32)19-6-8-23(34-2)9-7-19)24-17-33-11-10-20(24)13-22(33)16-29-27(35)30-21-5-3-4-18(12-21)15-28/h3-9,12,14,20,22,24H,10-11,13,16-17H2,1-2H3,(H2,29,30,35)/t20-,22+,24-/m0/s1. The van der Waals surface area contributed by atoms with Gasteiger partial charge in [-0.05, 0) is 86.1 Å². The van der Waals surface area contributed by atoms with E-state index in [0.29, 0.717) is 28.6 Å². The van der Waals surface area contributed by atoms with Crippen LogP contribution in [0.3, 0.4) is 0 Å². The average Bonchev–Trinajstić information content (AvgIpc) is 3.29. The van der Waals surface area contributed by atoms with Gasteiger partial charge in [0, 0.05) is 49.0 Å².